The molecule has 602 valence electrons. The number of nitrogens with two attached hydrogens (primary N) is 1. The first-order chi connectivity index (χ1) is 61.2. The number of anilines is 6. The molecule has 0 fully saturated rings. The van der Waals surface area contributed by atoms with Crippen LogP contribution in [0, 0.1) is 3.57 Å². The molecule has 4 aromatic heterocycles. The Bertz CT molecular complexity index is 7700. The second-order valence-electron chi connectivity index (χ2n) is 30.2. The van der Waals surface area contributed by atoms with Gasteiger partial charge in [-0.15, -0.1) is 0 Å². The van der Waals surface area contributed by atoms with Crippen molar-refractivity contribution in [2.75, 3.05) is 16.0 Å². The molecule has 0 bridgehead atoms. The minimum atomic E-state index is 0. The van der Waals surface area contributed by atoms with Crippen LogP contribution in [0.25, 0.3) is 146 Å². The summed E-state index contributed by atoms with van der Waals surface area (Å²) in [6.45, 7) is 0. The topological polar surface area (TPSA) is 56.1 Å². The molecular weight excluding hydrogens is 1830 g/mol. The van der Waals surface area contributed by atoms with Gasteiger partial charge >= 0.3 is 333 Å². The minimum Gasteiger partial charge on any atom is -0.355 e. The minimum absolute atomic E-state index is 0. The smallest absolute Gasteiger partial charge is 0.0542 e. The first-order valence-corrected chi connectivity index (χ1v) is 45.9. The molecule has 0 unspecified atom stereocenters. The van der Waals surface area contributed by atoms with E-state index in [1.807, 2.05) is 42.5 Å². The molecule has 0 aliphatic rings. The fourth-order valence-corrected chi connectivity index (χ4v) is 20.6. The summed E-state index contributed by atoms with van der Waals surface area (Å²) in [5.74, 6) is 0. The Balaban J connectivity index is 0.000000115. The number of halogens is 2. The summed E-state index contributed by atoms with van der Waals surface area (Å²) >= 11 is 9.12. The number of nitrogens with one attached hydrogen (secondary N) is 1. The average molecular weight is 1920 g/mol. The van der Waals surface area contributed by atoms with Crippen molar-refractivity contribution in [3.8, 4) is 61.6 Å². The van der Waals surface area contributed by atoms with Gasteiger partial charge in [0.15, 0.2) is 0 Å². The number of fused-ring (bicyclic) bond motifs is 12. The van der Waals surface area contributed by atoms with Crippen molar-refractivity contribution in [1.82, 2.24) is 13.7 Å². The quantitative estimate of drug-likeness (QED) is 0.0728. The summed E-state index contributed by atoms with van der Waals surface area (Å²) in [6.07, 6.45) is 0. The van der Waals surface area contributed by atoms with Gasteiger partial charge in [0.05, 0.1) is 22.1 Å². The molecule has 0 aliphatic carbocycles. The van der Waals surface area contributed by atoms with E-state index in [2.05, 4.69) is 509 Å². The molecule has 0 radical (unpaired) electrons. The third-order valence-electron chi connectivity index (χ3n) is 22.5. The van der Waals surface area contributed by atoms with E-state index in [0.717, 1.165) is 45.4 Å². The van der Waals surface area contributed by atoms with Crippen LogP contribution in [0.4, 0.5) is 34.1 Å². The van der Waals surface area contributed by atoms with E-state index >= 15 is 0 Å². The predicted molar refractivity (Wildman–Crippen MR) is 552 cm³/mol. The van der Waals surface area contributed by atoms with Gasteiger partial charge in [0.2, 0.25) is 0 Å². The number of hydrogen-bond acceptors (Lipinski definition) is 3. The first kappa shape index (κ1) is 82.2. The Labute approximate surface area is 765 Å². The summed E-state index contributed by atoms with van der Waals surface area (Å²) < 4.78 is 13.7. The van der Waals surface area contributed by atoms with Crippen molar-refractivity contribution in [3.63, 3.8) is 0 Å². The Hall–Kier alpha value is -13.8. The van der Waals surface area contributed by atoms with Crippen molar-refractivity contribution >= 4 is 192 Å². The van der Waals surface area contributed by atoms with Crippen LogP contribution in [0.5, 0.6) is 0 Å². The molecular formula is C115H86BrIN6Se2. The van der Waals surface area contributed by atoms with Crippen molar-refractivity contribution in [2.45, 2.75) is 7.43 Å². The molecule has 0 spiro atoms. The van der Waals surface area contributed by atoms with E-state index in [-0.39, 0.29) is 7.43 Å². The number of para-hydroxylation sites is 9. The van der Waals surface area contributed by atoms with E-state index in [1.165, 1.54) is 148 Å². The molecule has 0 saturated heterocycles. The molecule has 0 saturated carbocycles. The van der Waals surface area contributed by atoms with Gasteiger partial charge in [-0.05, 0) is 131 Å². The number of rotatable bonds is 12. The zero-order chi connectivity index (χ0) is 83.7. The van der Waals surface area contributed by atoms with Gasteiger partial charge in [-0.3, -0.25) is 0 Å². The van der Waals surface area contributed by atoms with Gasteiger partial charge in [0.1, 0.15) is 0 Å². The molecule has 4 heterocycles. The van der Waals surface area contributed by atoms with E-state index in [1.54, 1.807) is 0 Å². The molecule has 125 heavy (non-hydrogen) atoms. The van der Waals surface area contributed by atoms with E-state index in [4.69, 9.17) is 5.73 Å². The van der Waals surface area contributed by atoms with Crippen molar-refractivity contribution in [3.05, 3.63) is 481 Å². The summed E-state index contributed by atoms with van der Waals surface area (Å²) in [6, 6.07) is 167. The molecule has 23 aromatic rings. The van der Waals surface area contributed by atoms with Gasteiger partial charge in [-0.1, -0.05) is 202 Å². The van der Waals surface area contributed by atoms with Crippen LogP contribution in [-0.2, 0) is 0 Å². The summed E-state index contributed by atoms with van der Waals surface area (Å²) in [7, 11) is 0. The first-order valence-electron chi connectivity index (χ1n) is 41.3. The predicted octanol–water partition coefficient (Wildman–Crippen LogP) is 31.1. The Morgan fingerprint density at radius 3 is 1.26 bits per heavy atom. The number of hydrogen-bond donors (Lipinski definition) is 2. The van der Waals surface area contributed by atoms with Crippen LogP contribution in [0.3, 0.4) is 0 Å². The van der Waals surface area contributed by atoms with Gasteiger partial charge in [-0.25, -0.2) is 0 Å². The van der Waals surface area contributed by atoms with Crippen LogP contribution in [0.2, 0.25) is 0 Å². The SMILES string of the molecule is Brc1ccc2[se]c3ccccc3c2c1.C.Ic1ccc2c(c1)c1ccccc1n2-c1ccccc1.Nc1ccccc1-c1ccccc1.[SeH]c1ccccc1-c1cccc(N(c2ccc3c(c2)c2ccccc2n3-c2ccccc2)c2ccccc2-c2ccccc2)c1.c1ccc(-c2ccccc2Nc2ccc3c(c2)c2ccccc2n3-c2ccccc2)cc1. The number of benzene rings is 19. The molecule has 0 atom stereocenters. The van der Waals surface area contributed by atoms with E-state index in [0.29, 0.717) is 14.5 Å². The fraction of sp³-hybridized carbons (Fsp3) is 0.00870. The second-order valence-corrected chi connectivity index (χ2v) is 35.6. The summed E-state index contributed by atoms with van der Waals surface area (Å²) in [4.78, 5) is 2.41. The van der Waals surface area contributed by atoms with Gasteiger partial charge in [-0.2, -0.15) is 0 Å². The van der Waals surface area contributed by atoms with Gasteiger partial charge in [0.25, 0.3) is 0 Å². The van der Waals surface area contributed by atoms with Crippen molar-refractivity contribution in [2.24, 2.45) is 0 Å². The molecule has 3 N–H and O–H groups in total. The Kier molecular flexibility index (Phi) is 24.9. The summed E-state index contributed by atoms with van der Waals surface area (Å²) in [5.41, 5.74) is 32.5. The number of nitrogen functional groups attached to an aromatic ring is 1. The molecule has 0 amide bonds. The molecule has 19 aromatic carbocycles. The van der Waals surface area contributed by atoms with Gasteiger partial charge in [0, 0.05) is 64.7 Å². The molecule has 23 rings (SSSR count). The van der Waals surface area contributed by atoms with Crippen LogP contribution >= 0.6 is 38.5 Å². The fourth-order valence-electron chi connectivity index (χ4n) is 16.8. The third-order valence-corrected chi connectivity index (χ3v) is 26.9. The number of aromatic nitrogens is 3. The summed E-state index contributed by atoms with van der Waals surface area (Å²) in [5, 5.41) is 14.1. The van der Waals surface area contributed by atoms with Crippen molar-refractivity contribution < 1.29 is 0 Å². The van der Waals surface area contributed by atoms with Gasteiger partial charge < -0.3 is 20.2 Å². The van der Waals surface area contributed by atoms with E-state index in [9.17, 15) is 0 Å². The average Bonchev–Trinajstić information content (AvgIpc) is 1.61. The maximum absolute atomic E-state index is 5.85. The monoisotopic (exact) mass is 1920 g/mol. The van der Waals surface area contributed by atoms with Crippen LogP contribution in [-0.4, -0.2) is 44.2 Å². The maximum Gasteiger partial charge on any atom is 0.0542 e. The normalized spacial score (nSPS) is 11.0. The Morgan fingerprint density at radius 1 is 0.288 bits per heavy atom. The standard InChI is InChI=1S/C42H30N2Se.C30H22N2.C18H12IN.C12H7BrSe.C12H11N.CH4/c45-42-25-12-9-21-36(42)31-16-13-19-33(28-31)43(39-23-10-7-20-35(39)30-14-3-1-4-15-30)34-26-27-41-38(29-34)37-22-8-11-24-40(37)44(41)32-17-5-2-6-18-32;1-3-11-22(12-4-1)25-15-7-9-17-28(25)31-23-19-20-30-27(21-23)26-16-8-10-18-29(26)32(30)24-13-5-2-6-14-24;19-13-10-11-18-16(12-13)15-8-4-5-9-17(15)20(18)14-6-2-1-3-7-14;13-8-5-6-12-10(7-8)9-3-1-2-4-11(9)14-12;13-12-9-5-4-8-11(12)10-6-2-1-3-7-10;/h1-29,45H;1-21,31H;1-12H;1-7H;1-9H,13H2;1H4. The van der Waals surface area contributed by atoms with Crippen LogP contribution in [0.1, 0.15) is 7.43 Å². The maximum atomic E-state index is 5.85. The van der Waals surface area contributed by atoms with Crippen LogP contribution < -0.4 is 20.4 Å². The third kappa shape index (κ3) is 17.4. The Morgan fingerprint density at radius 2 is 0.688 bits per heavy atom. The largest absolute Gasteiger partial charge is 0.355 e. The van der Waals surface area contributed by atoms with Crippen LogP contribution in [0.15, 0.2) is 478 Å². The molecule has 0 aliphatic heterocycles. The zero-order valence-corrected chi connectivity index (χ0v) is 74.8. The van der Waals surface area contributed by atoms with Crippen molar-refractivity contribution in [1.29, 1.82) is 0 Å². The van der Waals surface area contributed by atoms with E-state index < -0.39 is 0 Å². The molecule has 10 heteroatoms. The zero-order valence-electron chi connectivity index (χ0n) is 67.5. The molecule has 6 nitrogen and oxygen atoms in total. The second kappa shape index (κ2) is 37.9. The number of nitrogens with zero attached hydrogens (tertiary/aromatic N) is 4.